The van der Waals surface area contributed by atoms with Crippen LogP contribution < -0.4 is 14.8 Å². The maximum absolute atomic E-state index is 5.96. The maximum Gasteiger partial charge on any atom is 0.164 e. The summed E-state index contributed by atoms with van der Waals surface area (Å²) in [7, 11) is 1.77. The summed E-state index contributed by atoms with van der Waals surface area (Å²) < 4.78 is 11.7. The van der Waals surface area contributed by atoms with Crippen molar-refractivity contribution in [2.24, 2.45) is 5.41 Å². The number of nitrogens with zero attached hydrogens (tertiary/aromatic N) is 2. The molecule has 3 heterocycles. The van der Waals surface area contributed by atoms with E-state index in [0.29, 0.717) is 17.4 Å². The van der Waals surface area contributed by atoms with Gasteiger partial charge in [0.2, 0.25) is 0 Å². The highest BCUT2D eigenvalue weighted by Gasteiger charge is 2.49. The van der Waals surface area contributed by atoms with Crippen LogP contribution in [0.1, 0.15) is 80.2 Å². The largest absolute Gasteiger partial charge is 0.493 e. The number of benzene rings is 2. The molecule has 1 atom stereocenters. The predicted molar refractivity (Wildman–Crippen MR) is 150 cm³/mol. The number of hydrogen-bond acceptors (Lipinski definition) is 5. The molecular formula is C32H45N3O2. The summed E-state index contributed by atoms with van der Waals surface area (Å²) in [6.07, 6.45) is 7.66. The molecule has 3 fully saturated rings. The van der Waals surface area contributed by atoms with Crippen molar-refractivity contribution in [2.45, 2.75) is 76.9 Å². The third-order valence-corrected chi connectivity index (χ3v) is 9.61. The van der Waals surface area contributed by atoms with Crippen molar-refractivity contribution in [1.82, 2.24) is 15.1 Å². The van der Waals surface area contributed by atoms with Gasteiger partial charge in [0.1, 0.15) is 0 Å². The SMILES string of the molecule is COc1cc(CN2CCN(C3CC4(CCNCC4)C3)C(c3ccccc3C(C)C)C2)cc2c1OCCC2. The van der Waals surface area contributed by atoms with E-state index < -0.39 is 0 Å². The molecule has 5 heteroatoms. The van der Waals surface area contributed by atoms with E-state index in [-0.39, 0.29) is 0 Å². The minimum absolute atomic E-state index is 0.458. The van der Waals surface area contributed by atoms with Crippen molar-refractivity contribution in [1.29, 1.82) is 0 Å². The highest BCUT2D eigenvalue weighted by molar-refractivity contribution is 5.50. The lowest BCUT2D eigenvalue weighted by atomic mass is 9.60. The number of ether oxygens (including phenoxy) is 2. The lowest BCUT2D eigenvalue weighted by molar-refractivity contribution is -0.0650. The molecule has 0 aromatic heterocycles. The summed E-state index contributed by atoms with van der Waals surface area (Å²) >= 11 is 0. The summed E-state index contributed by atoms with van der Waals surface area (Å²) in [5.41, 5.74) is 6.33. The molecule has 0 amide bonds. The molecule has 200 valence electrons. The van der Waals surface area contributed by atoms with E-state index >= 15 is 0 Å². The number of hydrogen-bond donors (Lipinski definition) is 1. The average Bonchev–Trinajstić information content (AvgIpc) is 2.91. The van der Waals surface area contributed by atoms with Crippen LogP contribution in [-0.2, 0) is 13.0 Å². The van der Waals surface area contributed by atoms with Crippen LogP contribution in [0.3, 0.4) is 0 Å². The summed E-state index contributed by atoms with van der Waals surface area (Å²) in [5.74, 6) is 2.40. The third-order valence-electron chi connectivity index (χ3n) is 9.61. The molecule has 6 rings (SSSR count). The van der Waals surface area contributed by atoms with Gasteiger partial charge in [-0.25, -0.2) is 0 Å². The van der Waals surface area contributed by atoms with Crippen molar-refractivity contribution in [3.05, 3.63) is 58.7 Å². The molecule has 3 aliphatic heterocycles. The van der Waals surface area contributed by atoms with Crippen molar-refractivity contribution >= 4 is 0 Å². The Balaban J connectivity index is 1.24. The molecular weight excluding hydrogens is 458 g/mol. The first kappa shape index (κ1) is 25.2. The first-order valence-electron chi connectivity index (χ1n) is 14.7. The molecule has 2 saturated heterocycles. The summed E-state index contributed by atoms with van der Waals surface area (Å²) in [6, 6.07) is 15.0. The molecule has 0 radical (unpaired) electrons. The Morgan fingerprint density at radius 3 is 2.70 bits per heavy atom. The van der Waals surface area contributed by atoms with Crippen LogP contribution >= 0.6 is 0 Å². The molecule has 37 heavy (non-hydrogen) atoms. The van der Waals surface area contributed by atoms with E-state index in [1.165, 1.54) is 55.5 Å². The molecule has 2 aromatic rings. The third kappa shape index (κ3) is 5.03. The molecule has 1 spiro atoms. The van der Waals surface area contributed by atoms with Crippen LogP contribution in [0.15, 0.2) is 36.4 Å². The van der Waals surface area contributed by atoms with Crippen LogP contribution in [0.5, 0.6) is 11.5 Å². The molecule has 2 aromatic carbocycles. The zero-order valence-electron chi connectivity index (χ0n) is 23.1. The van der Waals surface area contributed by atoms with Crippen molar-refractivity contribution < 1.29 is 9.47 Å². The fourth-order valence-corrected chi connectivity index (χ4v) is 7.60. The molecule has 4 aliphatic rings. The molecule has 1 saturated carbocycles. The fraction of sp³-hybridized carbons (Fsp3) is 0.625. The number of nitrogens with one attached hydrogen (secondary N) is 1. The van der Waals surface area contributed by atoms with Crippen LogP contribution in [0.2, 0.25) is 0 Å². The Bertz CT molecular complexity index is 1070. The Kier molecular flexibility index (Phi) is 7.22. The first-order valence-corrected chi connectivity index (χ1v) is 14.7. The molecule has 1 N–H and O–H groups in total. The Labute approximate surface area is 223 Å². The second-order valence-corrected chi connectivity index (χ2v) is 12.3. The second kappa shape index (κ2) is 10.6. The number of aryl methyl sites for hydroxylation is 1. The van der Waals surface area contributed by atoms with Gasteiger partial charge in [-0.2, -0.15) is 0 Å². The van der Waals surface area contributed by atoms with Crippen LogP contribution in [-0.4, -0.2) is 62.3 Å². The fourth-order valence-electron chi connectivity index (χ4n) is 7.60. The zero-order chi connectivity index (χ0) is 25.4. The first-order chi connectivity index (χ1) is 18.0. The molecule has 1 aliphatic carbocycles. The van der Waals surface area contributed by atoms with Crippen molar-refractivity contribution in [3.8, 4) is 11.5 Å². The van der Waals surface area contributed by atoms with Gasteiger partial charge in [0.15, 0.2) is 11.5 Å². The lowest BCUT2D eigenvalue weighted by Crippen LogP contribution is -2.59. The second-order valence-electron chi connectivity index (χ2n) is 12.3. The topological polar surface area (TPSA) is 37.0 Å². The Morgan fingerprint density at radius 2 is 1.92 bits per heavy atom. The van der Waals surface area contributed by atoms with E-state index in [2.05, 4.69) is 65.4 Å². The van der Waals surface area contributed by atoms with Gasteiger partial charge in [0.05, 0.1) is 13.7 Å². The van der Waals surface area contributed by atoms with E-state index in [1.807, 2.05) is 0 Å². The van der Waals surface area contributed by atoms with Gasteiger partial charge in [-0.15, -0.1) is 0 Å². The normalized spacial score (nSPS) is 24.5. The van der Waals surface area contributed by atoms with Crippen LogP contribution in [0.25, 0.3) is 0 Å². The highest BCUT2D eigenvalue weighted by Crippen LogP contribution is 2.52. The maximum atomic E-state index is 5.96. The van der Waals surface area contributed by atoms with Crippen LogP contribution in [0, 0.1) is 5.41 Å². The van der Waals surface area contributed by atoms with Gasteiger partial charge in [0, 0.05) is 38.3 Å². The molecule has 1 unspecified atom stereocenters. The number of piperidine rings is 1. The van der Waals surface area contributed by atoms with E-state index in [1.54, 1.807) is 12.7 Å². The van der Waals surface area contributed by atoms with E-state index in [9.17, 15) is 0 Å². The van der Waals surface area contributed by atoms with Gasteiger partial charge in [-0.1, -0.05) is 44.2 Å². The van der Waals surface area contributed by atoms with Gasteiger partial charge in [-0.05, 0) is 91.3 Å². The lowest BCUT2D eigenvalue weighted by Gasteiger charge is -2.57. The number of methoxy groups -OCH3 is 1. The summed E-state index contributed by atoms with van der Waals surface area (Å²) in [4.78, 5) is 5.58. The number of piperazine rings is 1. The molecule has 0 bridgehead atoms. The number of rotatable bonds is 6. The summed E-state index contributed by atoms with van der Waals surface area (Å²) in [5, 5.41) is 3.58. The molecule has 5 nitrogen and oxygen atoms in total. The van der Waals surface area contributed by atoms with E-state index in [4.69, 9.17) is 9.47 Å². The van der Waals surface area contributed by atoms with Crippen molar-refractivity contribution in [2.75, 3.05) is 46.4 Å². The van der Waals surface area contributed by atoms with Crippen LogP contribution in [0.4, 0.5) is 0 Å². The quantitative estimate of drug-likeness (QED) is 0.561. The van der Waals surface area contributed by atoms with Gasteiger partial charge in [-0.3, -0.25) is 9.80 Å². The van der Waals surface area contributed by atoms with Gasteiger partial charge >= 0.3 is 0 Å². The van der Waals surface area contributed by atoms with Gasteiger partial charge < -0.3 is 14.8 Å². The Hall–Kier alpha value is -2.08. The zero-order valence-corrected chi connectivity index (χ0v) is 23.1. The summed E-state index contributed by atoms with van der Waals surface area (Å²) in [6.45, 7) is 12.2. The Morgan fingerprint density at radius 1 is 1.11 bits per heavy atom. The highest BCUT2D eigenvalue weighted by atomic mass is 16.5. The average molecular weight is 504 g/mol. The minimum atomic E-state index is 0.458. The standard InChI is InChI=1S/C32H45N3O2/c1-23(2)27-8-4-5-9-28(27)29-22-34(14-15-35(29)26-19-32(20-26)10-12-33-13-11-32)21-24-17-25-7-6-16-37-31(25)30(18-24)36-3/h4-5,8-9,17-18,23,26,29,33H,6-7,10-16,19-22H2,1-3H3. The monoisotopic (exact) mass is 503 g/mol. The number of fused-ring (bicyclic) bond motifs is 1. The van der Waals surface area contributed by atoms with E-state index in [0.717, 1.165) is 63.2 Å². The minimum Gasteiger partial charge on any atom is -0.493 e. The van der Waals surface area contributed by atoms with Gasteiger partial charge in [0.25, 0.3) is 0 Å². The predicted octanol–water partition coefficient (Wildman–Crippen LogP) is 5.53. The van der Waals surface area contributed by atoms with Crippen molar-refractivity contribution in [3.63, 3.8) is 0 Å². The smallest absolute Gasteiger partial charge is 0.164 e.